The molecule has 0 aromatic heterocycles. The molecule has 2 aromatic rings. The van der Waals surface area contributed by atoms with E-state index in [-0.39, 0.29) is 17.6 Å². The number of rotatable bonds is 1. The number of phenols is 1. The van der Waals surface area contributed by atoms with E-state index in [9.17, 15) is 9.90 Å². The van der Waals surface area contributed by atoms with Crippen LogP contribution in [0.4, 0.5) is 0 Å². The molecule has 0 aliphatic carbocycles. The fraction of sp³-hybridized carbons (Fsp3) is 0.133. The predicted molar refractivity (Wildman–Crippen MR) is 66.6 cm³/mol. The van der Waals surface area contributed by atoms with Crippen LogP contribution in [0.25, 0.3) is 0 Å². The number of carbonyl (C=O) groups is 1. The third-order valence-corrected chi connectivity index (χ3v) is 3.17. The molecule has 0 spiro atoms. The van der Waals surface area contributed by atoms with Gasteiger partial charge in [-0.15, -0.1) is 0 Å². The lowest BCUT2D eigenvalue weighted by atomic mass is 9.86. The number of carbonyl (C=O) groups excluding carboxylic acids is 1. The van der Waals surface area contributed by atoms with Crippen LogP contribution in [0.3, 0.4) is 0 Å². The first kappa shape index (κ1) is 10.8. The molecule has 1 heterocycles. The average Bonchev–Trinajstić information content (AvgIpc) is 2.38. The zero-order valence-corrected chi connectivity index (χ0v) is 9.67. The van der Waals surface area contributed by atoms with Crippen molar-refractivity contribution in [2.75, 3.05) is 0 Å². The van der Waals surface area contributed by atoms with Crippen LogP contribution in [-0.2, 0) is 4.79 Å². The maximum atomic E-state index is 11.6. The van der Waals surface area contributed by atoms with Gasteiger partial charge in [-0.25, -0.2) is 0 Å². The van der Waals surface area contributed by atoms with Crippen molar-refractivity contribution >= 4 is 5.97 Å². The minimum absolute atomic E-state index is 0.00282. The molecule has 0 saturated heterocycles. The van der Waals surface area contributed by atoms with Gasteiger partial charge in [0.1, 0.15) is 11.5 Å². The van der Waals surface area contributed by atoms with Crippen molar-refractivity contribution in [3.63, 3.8) is 0 Å². The Hall–Kier alpha value is -2.29. The van der Waals surface area contributed by atoms with E-state index >= 15 is 0 Å². The minimum atomic E-state index is -0.262. The van der Waals surface area contributed by atoms with E-state index in [1.807, 2.05) is 36.4 Å². The van der Waals surface area contributed by atoms with E-state index in [0.717, 1.165) is 11.1 Å². The van der Waals surface area contributed by atoms with E-state index in [4.69, 9.17) is 4.74 Å². The van der Waals surface area contributed by atoms with Crippen LogP contribution in [0.15, 0.2) is 48.5 Å². The third-order valence-electron chi connectivity index (χ3n) is 3.17. The van der Waals surface area contributed by atoms with Crippen LogP contribution in [-0.4, -0.2) is 11.1 Å². The maximum absolute atomic E-state index is 11.6. The second kappa shape index (κ2) is 4.18. The molecular weight excluding hydrogens is 228 g/mol. The maximum Gasteiger partial charge on any atom is 0.312 e. The minimum Gasteiger partial charge on any atom is -0.508 e. The number of phenolic OH excluding ortho intramolecular Hbond substituents is 1. The highest BCUT2D eigenvalue weighted by molar-refractivity contribution is 5.77. The average molecular weight is 240 g/mol. The fourth-order valence-electron chi connectivity index (χ4n) is 2.32. The highest BCUT2D eigenvalue weighted by atomic mass is 16.5. The Kier molecular flexibility index (Phi) is 2.52. The summed E-state index contributed by atoms with van der Waals surface area (Å²) in [6.07, 6.45) is 0.335. The highest BCUT2D eigenvalue weighted by Crippen LogP contribution is 2.39. The molecule has 2 aromatic carbocycles. The van der Waals surface area contributed by atoms with Crippen molar-refractivity contribution in [2.45, 2.75) is 12.3 Å². The van der Waals surface area contributed by atoms with Crippen LogP contribution in [0.2, 0.25) is 0 Å². The van der Waals surface area contributed by atoms with Gasteiger partial charge in [0.2, 0.25) is 0 Å². The topological polar surface area (TPSA) is 46.5 Å². The largest absolute Gasteiger partial charge is 0.508 e. The summed E-state index contributed by atoms with van der Waals surface area (Å²) in [7, 11) is 0. The molecular formula is C15H12O3. The lowest BCUT2D eigenvalue weighted by Gasteiger charge is -2.24. The Balaban J connectivity index is 2.10. The summed E-state index contributed by atoms with van der Waals surface area (Å²) in [5.74, 6) is 0.306. The molecule has 3 heteroatoms. The van der Waals surface area contributed by atoms with Gasteiger partial charge in [-0.1, -0.05) is 36.4 Å². The lowest BCUT2D eigenvalue weighted by Crippen LogP contribution is -2.20. The van der Waals surface area contributed by atoms with Crippen LogP contribution in [0.5, 0.6) is 11.5 Å². The first-order chi connectivity index (χ1) is 8.74. The van der Waals surface area contributed by atoms with Crippen molar-refractivity contribution in [3.05, 3.63) is 59.7 Å². The van der Waals surface area contributed by atoms with Crippen LogP contribution in [0, 0.1) is 0 Å². The van der Waals surface area contributed by atoms with Gasteiger partial charge in [0.15, 0.2) is 0 Å². The van der Waals surface area contributed by atoms with Gasteiger partial charge in [-0.2, -0.15) is 0 Å². The standard InChI is InChI=1S/C15H12O3/c16-11-6-7-12-13(10-4-2-1-3-5-10)9-15(17)18-14(12)8-11/h1-8,13,16H,9H2/t13-/m1/s1. The van der Waals surface area contributed by atoms with E-state index in [1.165, 1.54) is 6.07 Å². The number of esters is 1. The van der Waals surface area contributed by atoms with Gasteiger partial charge in [-0.3, -0.25) is 4.79 Å². The molecule has 0 unspecified atom stereocenters. The van der Waals surface area contributed by atoms with E-state index < -0.39 is 0 Å². The van der Waals surface area contributed by atoms with Crippen molar-refractivity contribution in [1.82, 2.24) is 0 Å². The molecule has 0 fully saturated rings. The first-order valence-electron chi connectivity index (χ1n) is 5.82. The zero-order chi connectivity index (χ0) is 12.5. The molecule has 0 bridgehead atoms. The highest BCUT2D eigenvalue weighted by Gasteiger charge is 2.28. The van der Waals surface area contributed by atoms with Crippen LogP contribution < -0.4 is 4.74 Å². The monoisotopic (exact) mass is 240 g/mol. The van der Waals surface area contributed by atoms with Crippen LogP contribution in [0.1, 0.15) is 23.5 Å². The van der Waals surface area contributed by atoms with Gasteiger partial charge in [0, 0.05) is 17.5 Å². The normalized spacial score (nSPS) is 18.0. The summed E-state index contributed by atoms with van der Waals surface area (Å²) in [5, 5.41) is 9.44. The summed E-state index contributed by atoms with van der Waals surface area (Å²) < 4.78 is 5.17. The Morgan fingerprint density at radius 2 is 1.89 bits per heavy atom. The first-order valence-corrected chi connectivity index (χ1v) is 5.82. The molecule has 1 atom stereocenters. The molecule has 0 amide bonds. The number of aromatic hydroxyl groups is 1. The summed E-state index contributed by atoms with van der Waals surface area (Å²) in [6, 6.07) is 14.8. The number of hydrogen-bond donors (Lipinski definition) is 1. The van der Waals surface area contributed by atoms with E-state index in [0.29, 0.717) is 12.2 Å². The Morgan fingerprint density at radius 3 is 2.67 bits per heavy atom. The molecule has 0 saturated carbocycles. The lowest BCUT2D eigenvalue weighted by molar-refractivity contribution is -0.135. The number of benzene rings is 2. The summed E-state index contributed by atoms with van der Waals surface area (Å²) in [6.45, 7) is 0. The van der Waals surface area contributed by atoms with Gasteiger partial charge in [0.25, 0.3) is 0 Å². The summed E-state index contributed by atoms with van der Waals surface area (Å²) in [4.78, 5) is 11.6. The third kappa shape index (κ3) is 1.84. The SMILES string of the molecule is O=C1C[C@H](c2ccccc2)c2ccc(O)cc2O1. The molecule has 90 valence electrons. The second-order valence-electron chi connectivity index (χ2n) is 4.36. The van der Waals surface area contributed by atoms with Gasteiger partial charge in [-0.05, 0) is 11.6 Å². The molecule has 0 radical (unpaired) electrons. The van der Waals surface area contributed by atoms with Crippen molar-refractivity contribution in [1.29, 1.82) is 0 Å². The van der Waals surface area contributed by atoms with Crippen molar-refractivity contribution < 1.29 is 14.6 Å². The quantitative estimate of drug-likeness (QED) is 0.616. The smallest absolute Gasteiger partial charge is 0.312 e. The molecule has 18 heavy (non-hydrogen) atoms. The summed E-state index contributed by atoms with van der Waals surface area (Å²) >= 11 is 0. The van der Waals surface area contributed by atoms with E-state index in [2.05, 4.69) is 0 Å². The second-order valence-corrected chi connectivity index (χ2v) is 4.36. The Morgan fingerprint density at radius 1 is 1.11 bits per heavy atom. The molecule has 1 aliphatic heterocycles. The molecule has 3 nitrogen and oxygen atoms in total. The van der Waals surface area contributed by atoms with Crippen molar-refractivity contribution in [2.24, 2.45) is 0 Å². The van der Waals surface area contributed by atoms with Gasteiger partial charge in [0.05, 0.1) is 6.42 Å². The van der Waals surface area contributed by atoms with Crippen LogP contribution >= 0.6 is 0 Å². The zero-order valence-electron chi connectivity index (χ0n) is 9.67. The molecule has 1 N–H and O–H groups in total. The molecule has 3 rings (SSSR count). The summed E-state index contributed by atoms with van der Waals surface area (Å²) in [5.41, 5.74) is 2.03. The van der Waals surface area contributed by atoms with Crippen molar-refractivity contribution in [3.8, 4) is 11.5 Å². The number of hydrogen-bond acceptors (Lipinski definition) is 3. The number of ether oxygens (including phenoxy) is 1. The number of fused-ring (bicyclic) bond motifs is 1. The van der Waals surface area contributed by atoms with Gasteiger partial charge >= 0.3 is 5.97 Å². The Bertz CT molecular complexity index is 590. The predicted octanol–water partition coefficient (Wildman–Crippen LogP) is 2.83. The fourth-order valence-corrected chi connectivity index (χ4v) is 2.32. The Labute approximate surface area is 105 Å². The van der Waals surface area contributed by atoms with E-state index in [1.54, 1.807) is 6.07 Å². The van der Waals surface area contributed by atoms with Gasteiger partial charge < -0.3 is 9.84 Å². The molecule has 1 aliphatic rings.